The van der Waals surface area contributed by atoms with Gasteiger partial charge in [0, 0.05) is 25.0 Å². The van der Waals surface area contributed by atoms with Crippen LogP contribution in [0.2, 0.25) is 0 Å². The van der Waals surface area contributed by atoms with Gasteiger partial charge in [0.2, 0.25) is 5.91 Å². The van der Waals surface area contributed by atoms with Crippen LogP contribution in [0.5, 0.6) is 0 Å². The Morgan fingerprint density at radius 1 is 1.44 bits per heavy atom. The minimum Gasteiger partial charge on any atom is -0.481 e. The SMILES string of the molecule is CC(C)N(CCC(=O)O)C(=O)Cc1cccnc1. The van der Waals surface area contributed by atoms with E-state index >= 15 is 0 Å². The molecule has 0 aromatic carbocycles. The fourth-order valence-electron chi connectivity index (χ4n) is 1.67. The van der Waals surface area contributed by atoms with E-state index in [4.69, 9.17) is 5.11 Å². The van der Waals surface area contributed by atoms with Crippen LogP contribution in [0.25, 0.3) is 0 Å². The number of amides is 1. The second-order valence-electron chi connectivity index (χ2n) is 4.36. The minimum atomic E-state index is -0.894. The third kappa shape index (κ3) is 4.53. The Hall–Kier alpha value is -1.91. The first kappa shape index (κ1) is 14.2. The summed E-state index contributed by atoms with van der Waals surface area (Å²) in [5.41, 5.74) is 0.837. The van der Waals surface area contributed by atoms with Crippen LogP contribution in [0.4, 0.5) is 0 Å². The van der Waals surface area contributed by atoms with Crippen molar-refractivity contribution in [1.29, 1.82) is 0 Å². The number of nitrogens with zero attached hydrogens (tertiary/aromatic N) is 2. The maximum Gasteiger partial charge on any atom is 0.305 e. The van der Waals surface area contributed by atoms with Crippen LogP contribution in [-0.2, 0) is 16.0 Å². The number of aromatic nitrogens is 1. The summed E-state index contributed by atoms with van der Waals surface area (Å²) in [5, 5.41) is 8.67. The number of carboxylic acids is 1. The van der Waals surface area contributed by atoms with Gasteiger partial charge in [-0.05, 0) is 25.5 Å². The third-order valence-electron chi connectivity index (χ3n) is 2.59. The van der Waals surface area contributed by atoms with E-state index in [1.165, 1.54) is 0 Å². The van der Waals surface area contributed by atoms with Crippen LogP contribution in [-0.4, -0.2) is 39.5 Å². The van der Waals surface area contributed by atoms with Crippen molar-refractivity contribution in [3.63, 3.8) is 0 Å². The number of carbonyl (C=O) groups is 2. The lowest BCUT2D eigenvalue weighted by atomic mass is 10.1. The summed E-state index contributed by atoms with van der Waals surface area (Å²) in [7, 11) is 0. The van der Waals surface area contributed by atoms with Crippen molar-refractivity contribution in [3.8, 4) is 0 Å². The van der Waals surface area contributed by atoms with Crippen molar-refractivity contribution in [2.45, 2.75) is 32.7 Å². The summed E-state index contributed by atoms with van der Waals surface area (Å²) in [6.45, 7) is 4.00. The molecule has 5 nitrogen and oxygen atoms in total. The van der Waals surface area contributed by atoms with Gasteiger partial charge in [0.05, 0.1) is 12.8 Å². The Balaban J connectivity index is 2.62. The Morgan fingerprint density at radius 2 is 2.17 bits per heavy atom. The lowest BCUT2D eigenvalue weighted by Gasteiger charge is -2.26. The molecule has 0 aliphatic rings. The largest absolute Gasteiger partial charge is 0.481 e. The number of pyridine rings is 1. The van der Waals surface area contributed by atoms with Crippen LogP contribution in [0.3, 0.4) is 0 Å². The van der Waals surface area contributed by atoms with E-state index in [1.807, 2.05) is 19.9 Å². The summed E-state index contributed by atoms with van der Waals surface area (Å²) in [6.07, 6.45) is 3.52. The molecule has 0 atom stereocenters. The summed E-state index contributed by atoms with van der Waals surface area (Å²) >= 11 is 0. The molecule has 0 bridgehead atoms. The third-order valence-corrected chi connectivity index (χ3v) is 2.59. The van der Waals surface area contributed by atoms with Crippen LogP contribution in [0, 0.1) is 0 Å². The molecule has 98 valence electrons. The fourth-order valence-corrected chi connectivity index (χ4v) is 1.67. The first-order chi connectivity index (χ1) is 8.50. The molecule has 0 aliphatic carbocycles. The van der Waals surface area contributed by atoms with Gasteiger partial charge >= 0.3 is 5.97 Å². The van der Waals surface area contributed by atoms with Crippen molar-refractivity contribution < 1.29 is 14.7 Å². The normalized spacial score (nSPS) is 10.4. The van der Waals surface area contributed by atoms with Crippen molar-refractivity contribution in [3.05, 3.63) is 30.1 Å². The molecule has 0 radical (unpaired) electrons. The predicted octanol–water partition coefficient (Wildman–Crippen LogP) is 1.34. The molecule has 0 fully saturated rings. The van der Waals surface area contributed by atoms with Crippen molar-refractivity contribution in [2.75, 3.05) is 6.54 Å². The number of aliphatic carboxylic acids is 1. The lowest BCUT2D eigenvalue weighted by molar-refractivity contribution is -0.139. The minimum absolute atomic E-state index is 0.00600. The quantitative estimate of drug-likeness (QED) is 0.827. The van der Waals surface area contributed by atoms with Gasteiger partial charge in [-0.1, -0.05) is 6.07 Å². The molecule has 0 aliphatic heterocycles. The maximum atomic E-state index is 12.1. The second-order valence-corrected chi connectivity index (χ2v) is 4.36. The first-order valence-corrected chi connectivity index (χ1v) is 5.91. The highest BCUT2D eigenvalue weighted by molar-refractivity contribution is 5.79. The monoisotopic (exact) mass is 250 g/mol. The van der Waals surface area contributed by atoms with E-state index in [1.54, 1.807) is 23.4 Å². The van der Waals surface area contributed by atoms with Crippen LogP contribution >= 0.6 is 0 Å². The predicted molar refractivity (Wildman–Crippen MR) is 67.0 cm³/mol. The number of carbonyl (C=O) groups excluding carboxylic acids is 1. The van der Waals surface area contributed by atoms with E-state index in [-0.39, 0.29) is 31.3 Å². The summed E-state index contributed by atoms with van der Waals surface area (Å²) in [5.74, 6) is -0.964. The van der Waals surface area contributed by atoms with E-state index in [2.05, 4.69) is 4.98 Å². The molecule has 1 amide bonds. The highest BCUT2D eigenvalue weighted by Crippen LogP contribution is 2.06. The highest BCUT2D eigenvalue weighted by atomic mass is 16.4. The molecule has 5 heteroatoms. The molecular formula is C13H18N2O3. The molecule has 1 aromatic heterocycles. The number of hydrogen-bond donors (Lipinski definition) is 1. The van der Waals surface area contributed by atoms with Gasteiger partial charge in [-0.2, -0.15) is 0 Å². The number of carboxylic acid groups (broad SMARTS) is 1. The molecule has 1 N–H and O–H groups in total. The van der Waals surface area contributed by atoms with Gasteiger partial charge in [0.25, 0.3) is 0 Å². The lowest BCUT2D eigenvalue weighted by Crippen LogP contribution is -2.39. The second kappa shape index (κ2) is 6.74. The zero-order chi connectivity index (χ0) is 13.5. The zero-order valence-electron chi connectivity index (χ0n) is 10.7. The van der Waals surface area contributed by atoms with E-state index in [0.29, 0.717) is 0 Å². The Bertz CT molecular complexity index is 404. The highest BCUT2D eigenvalue weighted by Gasteiger charge is 2.18. The van der Waals surface area contributed by atoms with Crippen LogP contribution in [0.1, 0.15) is 25.8 Å². The fraction of sp³-hybridized carbons (Fsp3) is 0.462. The molecule has 1 heterocycles. The van der Waals surface area contributed by atoms with Gasteiger partial charge in [-0.15, -0.1) is 0 Å². The molecule has 0 saturated carbocycles. The summed E-state index contributed by atoms with van der Waals surface area (Å²) < 4.78 is 0. The van der Waals surface area contributed by atoms with Gasteiger partial charge in [0.1, 0.15) is 0 Å². The topological polar surface area (TPSA) is 70.5 Å². The molecule has 0 saturated heterocycles. The number of hydrogen-bond acceptors (Lipinski definition) is 3. The molecule has 1 rings (SSSR count). The number of rotatable bonds is 6. The molecule has 0 spiro atoms. The Labute approximate surface area is 106 Å². The first-order valence-electron chi connectivity index (χ1n) is 5.91. The van der Waals surface area contributed by atoms with Crippen molar-refractivity contribution in [1.82, 2.24) is 9.88 Å². The van der Waals surface area contributed by atoms with Gasteiger partial charge in [-0.3, -0.25) is 14.6 Å². The smallest absolute Gasteiger partial charge is 0.305 e. The Morgan fingerprint density at radius 3 is 2.67 bits per heavy atom. The zero-order valence-corrected chi connectivity index (χ0v) is 10.7. The molecule has 0 unspecified atom stereocenters. The average Bonchev–Trinajstić information content (AvgIpc) is 2.29. The molecular weight excluding hydrogens is 232 g/mol. The molecule has 1 aromatic rings. The summed E-state index contributed by atoms with van der Waals surface area (Å²) in [4.78, 5) is 28.2. The molecule has 18 heavy (non-hydrogen) atoms. The van der Waals surface area contributed by atoms with Gasteiger partial charge < -0.3 is 10.0 Å². The maximum absolute atomic E-state index is 12.1. The van der Waals surface area contributed by atoms with Crippen LogP contribution in [0.15, 0.2) is 24.5 Å². The van der Waals surface area contributed by atoms with E-state index in [9.17, 15) is 9.59 Å². The van der Waals surface area contributed by atoms with E-state index in [0.717, 1.165) is 5.56 Å². The van der Waals surface area contributed by atoms with Gasteiger partial charge in [0.15, 0.2) is 0 Å². The van der Waals surface area contributed by atoms with Crippen LogP contribution < -0.4 is 0 Å². The van der Waals surface area contributed by atoms with Gasteiger partial charge in [-0.25, -0.2) is 0 Å². The summed E-state index contributed by atoms with van der Waals surface area (Å²) in [6, 6.07) is 3.61. The average molecular weight is 250 g/mol. The standard InChI is InChI=1S/C13H18N2O3/c1-10(2)15(7-5-13(17)18)12(16)8-11-4-3-6-14-9-11/h3-4,6,9-10H,5,7-8H2,1-2H3,(H,17,18). The van der Waals surface area contributed by atoms with Crippen molar-refractivity contribution >= 4 is 11.9 Å². The van der Waals surface area contributed by atoms with E-state index < -0.39 is 5.97 Å². The Kier molecular flexibility index (Phi) is 5.30. The van der Waals surface area contributed by atoms with Crippen molar-refractivity contribution in [2.24, 2.45) is 0 Å².